The predicted molar refractivity (Wildman–Crippen MR) is 114 cm³/mol. The Morgan fingerprint density at radius 3 is 2.53 bits per heavy atom. The Bertz CT molecular complexity index is 1330. The third kappa shape index (κ3) is 4.31. The molecule has 0 aliphatic carbocycles. The molecule has 32 heavy (non-hydrogen) atoms. The lowest BCUT2D eigenvalue weighted by Crippen LogP contribution is -2.15. The molecule has 0 aliphatic rings. The Balaban J connectivity index is 1.54. The summed E-state index contributed by atoms with van der Waals surface area (Å²) in [5.41, 5.74) is 1.50. The number of rotatable bonds is 4. The van der Waals surface area contributed by atoms with E-state index < -0.39 is 17.6 Å². The molecule has 0 radical (unpaired) electrons. The molecule has 2 aromatic carbocycles. The second kappa shape index (κ2) is 8.18. The van der Waals surface area contributed by atoms with Gasteiger partial charge < -0.3 is 10.6 Å². The fraction of sp³-hybridized carbons (Fsp3) is 0.0870. The number of benzene rings is 2. The molecule has 0 saturated heterocycles. The Morgan fingerprint density at radius 1 is 0.938 bits per heavy atom. The largest absolute Gasteiger partial charge is 0.416 e. The van der Waals surface area contributed by atoms with Gasteiger partial charge in [-0.05, 0) is 55.0 Å². The molecule has 0 bridgehead atoms. The summed E-state index contributed by atoms with van der Waals surface area (Å²) in [4.78, 5) is 25.2. The molecule has 0 spiro atoms. The molecule has 4 aromatic rings. The molecule has 9 heteroatoms. The molecule has 2 amide bonds. The lowest BCUT2D eigenvalue weighted by atomic mass is 10.1. The first-order chi connectivity index (χ1) is 15.2. The summed E-state index contributed by atoms with van der Waals surface area (Å²) in [7, 11) is 0. The number of nitrogens with zero attached hydrogens (tertiary/aromatic N) is 2. The van der Waals surface area contributed by atoms with Crippen LogP contribution in [0.4, 0.5) is 24.5 Å². The minimum absolute atomic E-state index is 0.127. The normalized spacial score (nSPS) is 11.4. The molecule has 0 fully saturated rings. The predicted octanol–water partition coefficient (Wildman–Crippen LogP) is 5.17. The van der Waals surface area contributed by atoms with Gasteiger partial charge in [-0.2, -0.15) is 18.3 Å². The number of hydrogen-bond donors (Lipinski definition) is 2. The topological polar surface area (TPSA) is 75.5 Å². The molecular formula is C23H17F3N4O2. The maximum atomic E-state index is 12.9. The van der Waals surface area contributed by atoms with Gasteiger partial charge in [0.1, 0.15) is 0 Å². The van der Waals surface area contributed by atoms with Crippen LogP contribution in [0.5, 0.6) is 0 Å². The number of amides is 2. The van der Waals surface area contributed by atoms with Crippen molar-refractivity contribution in [2.75, 3.05) is 10.6 Å². The second-order valence-electron chi connectivity index (χ2n) is 7.11. The van der Waals surface area contributed by atoms with Gasteiger partial charge >= 0.3 is 6.18 Å². The summed E-state index contributed by atoms with van der Waals surface area (Å²) < 4.78 is 40.3. The summed E-state index contributed by atoms with van der Waals surface area (Å²) in [6.45, 7) is 1.78. The Morgan fingerprint density at radius 2 is 1.75 bits per heavy atom. The molecular weight excluding hydrogens is 421 g/mol. The summed E-state index contributed by atoms with van der Waals surface area (Å²) in [5.74, 6) is -1.07. The Kier molecular flexibility index (Phi) is 5.40. The summed E-state index contributed by atoms with van der Waals surface area (Å²) >= 11 is 0. The quantitative estimate of drug-likeness (QED) is 0.462. The van der Waals surface area contributed by atoms with Gasteiger partial charge in [0, 0.05) is 23.1 Å². The van der Waals surface area contributed by atoms with Crippen molar-refractivity contribution >= 4 is 28.7 Å². The minimum Gasteiger partial charge on any atom is -0.322 e. The van der Waals surface area contributed by atoms with Crippen molar-refractivity contribution in [2.45, 2.75) is 13.1 Å². The van der Waals surface area contributed by atoms with Gasteiger partial charge in [0.15, 0.2) is 0 Å². The van der Waals surface area contributed by atoms with Crippen molar-refractivity contribution in [1.29, 1.82) is 0 Å². The van der Waals surface area contributed by atoms with Crippen molar-refractivity contribution in [3.05, 3.63) is 95.3 Å². The maximum absolute atomic E-state index is 12.9. The number of alkyl halides is 3. The fourth-order valence-corrected chi connectivity index (χ4v) is 3.17. The lowest BCUT2D eigenvalue weighted by Gasteiger charge is -2.12. The highest BCUT2D eigenvalue weighted by atomic mass is 19.4. The van der Waals surface area contributed by atoms with E-state index in [1.807, 2.05) is 0 Å². The van der Waals surface area contributed by atoms with Crippen LogP contribution in [0.3, 0.4) is 0 Å². The van der Waals surface area contributed by atoms with Gasteiger partial charge in [-0.15, -0.1) is 0 Å². The number of anilines is 2. The van der Waals surface area contributed by atoms with E-state index in [0.717, 1.165) is 17.7 Å². The zero-order chi connectivity index (χ0) is 22.9. The van der Waals surface area contributed by atoms with Crippen molar-refractivity contribution < 1.29 is 22.8 Å². The van der Waals surface area contributed by atoms with E-state index in [-0.39, 0.29) is 11.5 Å². The van der Waals surface area contributed by atoms with Crippen molar-refractivity contribution in [3.63, 3.8) is 0 Å². The zero-order valence-electron chi connectivity index (χ0n) is 16.8. The first-order valence-corrected chi connectivity index (χ1v) is 9.55. The maximum Gasteiger partial charge on any atom is 0.416 e. The number of aryl methyl sites for hydroxylation is 1. The van der Waals surface area contributed by atoms with E-state index >= 15 is 0 Å². The summed E-state index contributed by atoms with van der Waals surface area (Å²) in [6, 6.07) is 14.4. The summed E-state index contributed by atoms with van der Waals surface area (Å²) in [6.07, 6.45) is -1.36. The molecule has 0 unspecified atom stereocenters. The van der Waals surface area contributed by atoms with Gasteiger partial charge in [-0.25, -0.2) is 4.52 Å². The second-order valence-corrected chi connectivity index (χ2v) is 7.11. The van der Waals surface area contributed by atoms with E-state index in [4.69, 9.17) is 0 Å². The Hall–Kier alpha value is -4.14. The number of carbonyl (C=O) groups excluding carboxylic acids is 2. The van der Waals surface area contributed by atoms with Gasteiger partial charge in [0.25, 0.3) is 11.8 Å². The molecule has 162 valence electrons. The van der Waals surface area contributed by atoms with Gasteiger partial charge in [-0.1, -0.05) is 18.2 Å². The number of hydrogen-bond acceptors (Lipinski definition) is 3. The van der Waals surface area contributed by atoms with E-state index in [9.17, 15) is 22.8 Å². The summed E-state index contributed by atoms with van der Waals surface area (Å²) in [5, 5.41) is 9.50. The number of nitrogens with one attached hydrogen (secondary N) is 2. The zero-order valence-corrected chi connectivity index (χ0v) is 16.8. The van der Waals surface area contributed by atoms with Crippen LogP contribution in [0.1, 0.15) is 31.8 Å². The smallest absolute Gasteiger partial charge is 0.322 e. The number of pyridine rings is 1. The van der Waals surface area contributed by atoms with Crippen molar-refractivity contribution in [1.82, 2.24) is 9.61 Å². The standard InChI is InChI=1S/C23H17F3N4O2/c1-14-8-9-17(28-21(31)15-5-4-6-16(11-15)23(24,25)26)12-19(14)29-22(32)18-13-27-30-10-3-2-7-20(18)30/h2-13H,1H3,(H,28,31)(H,29,32). The van der Waals surface area contributed by atoms with Crippen LogP contribution in [0.15, 0.2) is 73.1 Å². The fourth-order valence-electron chi connectivity index (χ4n) is 3.17. The van der Waals surface area contributed by atoms with E-state index in [1.165, 1.54) is 18.3 Å². The highest BCUT2D eigenvalue weighted by Crippen LogP contribution is 2.30. The highest BCUT2D eigenvalue weighted by molar-refractivity contribution is 6.09. The van der Waals surface area contributed by atoms with E-state index in [2.05, 4.69) is 15.7 Å². The molecule has 2 heterocycles. The van der Waals surface area contributed by atoms with Crippen molar-refractivity contribution in [3.8, 4) is 0 Å². The number of carbonyl (C=O) groups is 2. The first kappa shape index (κ1) is 21.1. The molecule has 6 nitrogen and oxygen atoms in total. The molecule has 0 saturated carbocycles. The average molecular weight is 438 g/mol. The lowest BCUT2D eigenvalue weighted by molar-refractivity contribution is -0.137. The van der Waals surface area contributed by atoms with Gasteiger partial charge in [0.2, 0.25) is 0 Å². The molecule has 2 N–H and O–H groups in total. The molecule has 0 aliphatic heterocycles. The van der Waals surface area contributed by atoms with Gasteiger partial charge in [0.05, 0.1) is 22.8 Å². The van der Waals surface area contributed by atoms with Crippen LogP contribution in [0.2, 0.25) is 0 Å². The highest BCUT2D eigenvalue weighted by Gasteiger charge is 2.30. The molecule has 4 rings (SSSR count). The first-order valence-electron chi connectivity index (χ1n) is 9.55. The number of aromatic nitrogens is 2. The third-order valence-corrected chi connectivity index (χ3v) is 4.87. The van der Waals surface area contributed by atoms with Crippen LogP contribution in [0.25, 0.3) is 5.52 Å². The number of halogens is 3. The van der Waals surface area contributed by atoms with Gasteiger partial charge in [-0.3, -0.25) is 9.59 Å². The van der Waals surface area contributed by atoms with Crippen molar-refractivity contribution in [2.24, 2.45) is 0 Å². The monoisotopic (exact) mass is 438 g/mol. The van der Waals surface area contributed by atoms with Crippen LogP contribution in [-0.2, 0) is 6.18 Å². The van der Waals surface area contributed by atoms with Crippen LogP contribution < -0.4 is 10.6 Å². The van der Waals surface area contributed by atoms with Crippen LogP contribution >= 0.6 is 0 Å². The molecule has 2 aromatic heterocycles. The molecule has 0 atom stereocenters. The third-order valence-electron chi connectivity index (χ3n) is 4.87. The van der Waals surface area contributed by atoms with E-state index in [0.29, 0.717) is 22.5 Å². The van der Waals surface area contributed by atoms with E-state index in [1.54, 1.807) is 54.0 Å². The number of fused-ring (bicyclic) bond motifs is 1. The SMILES string of the molecule is Cc1ccc(NC(=O)c2cccc(C(F)(F)F)c2)cc1NC(=O)c1cnn2ccccc12. The average Bonchev–Trinajstić information content (AvgIpc) is 3.20. The van der Waals surface area contributed by atoms with Crippen LogP contribution in [-0.4, -0.2) is 21.4 Å². The van der Waals surface area contributed by atoms with Crippen LogP contribution in [0, 0.1) is 6.92 Å². The minimum atomic E-state index is -4.55. The Labute approximate surface area is 180 Å².